The van der Waals surface area contributed by atoms with Crippen LogP contribution in [0.2, 0.25) is 0 Å². The quantitative estimate of drug-likeness (QED) is 0.598. The Bertz CT molecular complexity index is 132. The van der Waals surface area contributed by atoms with Crippen molar-refractivity contribution < 1.29 is 0 Å². The van der Waals surface area contributed by atoms with Crippen molar-refractivity contribution in [1.29, 1.82) is 0 Å². The van der Waals surface area contributed by atoms with E-state index < -0.39 is 0 Å². The maximum absolute atomic E-state index is 3.63. The van der Waals surface area contributed by atoms with Crippen molar-refractivity contribution in [3.05, 3.63) is 0 Å². The lowest BCUT2D eigenvalue weighted by Crippen LogP contribution is -2.37. The van der Waals surface area contributed by atoms with Gasteiger partial charge in [0, 0.05) is 12.6 Å². The monoisotopic (exact) mass is 154 g/mol. The fraction of sp³-hybridized carbons (Fsp3) is 1.00. The molecule has 2 nitrogen and oxygen atoms in total. The van der Waals surface area contributed by atoms with Crippen molar-refractivity contribution >= 4 is 0 Å². The molecule has 2 aliphatic rings. The van der Waals surface area contributed by atoms with Gasteiger partial charge < -0.3 is 10.2 Å². The number of likely N-dealkylation sites (N-methyl/N-ethyl adjacent to an activating group) is 1. The van der Waals surface area contributed by atoms with Gasteiger partial charge in [-0.2, -0.15) is 0 Å². The lowest BCUT2D eigenvalue weighted by molar-refractivity contribution is 0.310. The zero-order valence-corrected chi connectivity index (χ0v) is 7.34. The molecule has 1 heterocycles. The van der Waals surface area contributed by atoms with Gasteiger partial charge in [-0.05, 0) is 45.3 Å². The van der Waals surface area contributed by atoms with E-state index in [0.29, 0.717) is 0 Å². The van der Waals surface area contributed by atoms with E-state index in [0.717, 1.165) is 12.0 Å². The predicted octanol–water partition coefficient (Wildman–Crippen LogP) is 0.690. The molecule has 0 aromatic carbocycles. The summed E-state index contributed by atoms with van der Waals surface area (Å²) in [6, 6.07) is 0.808. The first kappa shape index (κ1) is 7.56. The zero-order chi connectivity index (χ0) is 7.68. The predicted molar refractivity (Wildman–Crippen MR) is 46.6 cm³/mol. The molecule has 0 radical (unpaired) electrons. The van der Waals surface area contributed by atoms with E-state index in [1.165, 1.54) is 38.9 Å². The van der Waals surface area contributed by atoms with Gasteiger partial charge in [0.25, 0.3) is 0 Å². The summed E-state index contributed by atoms with van der Waals surface area (Å²) >= 11 is 0. The molecule has 0 amide bonds. The molecule has 0 aromatic rings. The summed E-state index contributed by atoms with van der Waals surface area (Å²) in [4.78, 5) is 2.46. The molecule has 1 aliphatic heterocycles. The molecule has 11 heavy (non-hydrogen) atoms. The molecule has 2 heteroatoms. The zero-order valence-electron chi connectivity index (χ0n) is 7.34. The Morgan fingerprint density at radius 3 is 2.91 bits per heavy atom. The second-order valence-corrected chi connectivity index (χ2v) is 4.01. The molecular weight excluding hydrogens is 136 g/mol. The highest BCUT2D eigenvalue weighted by Crippen LogP contribution is 2.33. The van der Waals surface area contributed by atoms with Crippen LogP contribution in [0.25, 0.3) is 0 Å². The van der Waals surface area contributed by atoms with Crippen LogP contribution in [0.1, 0.15) is 19.3 Å². The van der Waals surface area contributed by atoms with Crippen molar-refractivity contribution in [3.63, 3.8) is 0 Å². The van der Waals surface area contributed by atoms with E-state index >= 15 is 0 Å². The second kappa shape index (κ2) is 3.11. The molecule has 64 valence electrons. The van der Waals surface area contributed by atoms with E-state index in [1.807, 2.05) is 0 Å². The van der Waals surface area contributed by atoms with E-state index in [4.69, 9.17) is 0 Å². The minimum absolute atomic E-state index is 0.808. The Labute approximate surface area is 69.0 Å². The average molecular weight is 154 g/mol. The lowest BCUT2D eigenvalue weighted by Gasteiger charge is -2.19. The molecule has 0 bridgehead atoms. The second-order valence-electron chi connectivity index (χ2n) is 4.01. The topological polar surface area (TPSA) is 15.3 Å². The first-order valence-electron chi connectivity index (χ1n) is 4.78. The SMILES string of the molecule is CN1CCCNC(C2CC2)C1. The highest BCUT2D eigenvalue weighted by Gasteiger charge is 2.32. The molecule has 1 aliphatic carbocycles. The minimum Gasteiger partial charge on any atom is -0.312 e. The molecular formula is C9H18N2. The summed E-state index contributed by atoms with van der Waals surface area (Å²) in [5, 5.41) is 3.63. The molecule has 1 saturated heterocycles. The van der Waals surface area contributed by atoms with Crippen LogP contribution in [0.4, 0.5) is 0 Å². The molecule has 0 spiro atoms. The Kier molecular flexibility index (Phi) is 2.14. The third-order valence-electron chi connectivity index (χ3n) is 2.82. The molecule has 2 rings (SSSR count). The fourth-order valence-electron chi connectivity index (χ4n) is 1.94. The van der Waals surface area contributed by atoms with Gasteiger partial charge in [-0.1, -0.05) is 0 Å². The molecule has 1 N–H and O–H groups in total. The van der Waals surface area contributed by atoms with Crippen LogP contribution in [-0.2, 0) is 0 Å². The standard InChI is InChI=1S/C9H18N2/c1-11-6-2-5-10-9(7-11)8-3-4-8/h8-10H,2-7H2,1H3. The van der Waals surface area contributed by atoms with E-state index in [9.17, 15) is 0 Å². The van der Waals surface area contributed by atoms with Gasteiger partial charge in [-0.3, -0.25) is 0 Å². The van der Waals surface area contributed by atoms with Gasteiger partial charge in [0.2, 0.25) is 0 Å². The summed E-state index contributed by atoms with van der Waals surface area (Å²) in [6.07, 6.45) is 4.25. The number of hydrogen-bond acceptors (Lipinski definition) is 2. The van der Waals surface area contributed by atoms with Gasteiger partial charge in [0.15, 0.2) is 0 Å². The Morgan fingerprint density at radius 1 is 1.36 bits per heavy atom. The molecule has 2 fully saturated rings. The van der Waals surface area contributed by atoms with Crippen LogP contribution in [-0.4, -0.2) is 37.6 Å². The van der Waals surface area contributed by atoms with Crippen LogP contribution in [0.15, 0.2) is 0 Å². The Balaban J connectivity index is 1.86. The summed E-state index contributed by atoms with van der Waals surface area (Å²) in [7, 11) is 2.24. The first-order chi connectivity index (χ1) is 5.36. The van der Waals surface area contributed by atoms with E-state index in [2.05, 4.69) is 17.3 Å². The van der Waals surface area contributed by atoms with Gasteiger partial charge in [-0.25, -0.2) is 0 Å². The molecule has 1 atom stereocenters. The molecule has 0 aromatic heterocycles. The number of rotatable bonds is 1. The van der Waals surface area contributed by atoms with Crippen molar-refractivity contribution in [1.82, 2.24) is 10.2 Å². The number of nitrogens with zero attached hydrogens (tertiary/aromatic N) is 1. The molecule has 1 saturated carbocycles. The number of hydrogen-bond donors (Lipinski definition) is 1. The van der Waals surface area contributed by atoms with Crippen LogP contribution >= 0.6 is 0 Å². The van der Waals surface area contributed by atoms with Crippen molar-refractivity contribution in [2.75, 3.05) is 26.7 Å². The van der Waals surface area contributed by atoms with Gasteiger partial charge in [0.1, 0.15) is 0 Å². The molecule has 1 unspecified atom stereocenters. The summed E-state index contributed by atoms with van der Waals surface area (Å²) < 4.78 is 0. The van der Waals surface area contributed by atoms with Crippen molar-refractivity contribution in [2.24, 2.45) is 5.92 Å². The van der Waals surface area contributed by atoms with Gasteiger partial charge >= 0.3 is 0 Å². The van der Waals surface area contributed by atoms with Crippen LogP contribution < -0.4 is 5.32 Å². The van der Waals surface area contributed by atoms with E-state index in [1.54, 1.807) is 0 Å². The van der Waals surface area contributed by atoms with Crippen molar-refractivity contribution in [3.8, 4) is 0 Å². The third-order valence-corrected chi connectivity index (χ3v) is 2.82. The smallest absolute Gasteiger partial charge is 0.0223 e. The van der Waals surface area contributed by atoms with E-state index in [-0.39, 0.29) is 0 Å². The third kappa shape index (κ3) is 1.94. The minimum atomic E-state index is 0.808. The van der Waals surface area contributed by atoms with Gasteiger partial charge in [-0.15, -0.1) is 0 Å². The van der Waals surface area contributed by atoms with Crippen molar-refractivity contribution in [2.45, 2.75) is 25.3 Å². The largest absolute Gasteiger partial charge is 0.312 e. The highest BCUT2D eigenvalue weighted by atomic mass is 15.1. The van der Waals surface area contributed by atoms with Crippen LogP contribution in [0.5, 0.6) is 0 Å². The summed E-state index contributed by atoms with van der Waals surface area (Å²) in [5.41, 5.74) is 0. The summed E-state index contributed by atoms with van der Waals surface area (Å²) in [5.74, 6) is 1.01. The lowest BCUT2D eigenvalue weighted by atomic mass is 10.2. The highest BCUT2D eigenvalue weighted by molar-refractivity contribution is 4.89. The Morgan fingerprint density at radius 2 is 2.18 bits per heavy atom. The van der Waals surface area contributed by atoms with Gasteiger partial charge in [0.05, 0.1) is 0 Å². The normalized spacial score (nSPS) is 35.2. The maximum Gasteiger partial charge on any atom is 0.0223 e. The maximum atomic E-state index is 3.63. The first-order valence-corrected chi connectivity index (χ1v) is 4.78. The fourth-order valence-corrected chi connectivity index (χ4v) is 1.94. The Hall–Kier alpha value is -0.0800. The summed E-state index contributed by atoms with van der Waals surface area (Å²) in [6.45, 7) is 3.77. The average Bonchev–Trinajstić information content (AvgIpc) is 2.71. The number of nitrogens with one attached hydrogen (secondary N) is 1. The van der Waals surface area contributed by atoms with Crippen LogP contribution in [0.3, 0.4) is 0 Å². The van der Waals surface area contributed by atoms with Crippen LogP contribution in [0, 0.1) is 5.92 Å².